The summed E-state index contributed by atoms with van der Waals surface area (Å²) in [6, 6.07) is 7.81. The summed E-state index contributed by atoms with van der Waals surface area (Å²) in [6.45, 7) is 3.84. The standard InChI is InChI=1S/C14H18ClNO/c1-10(2)13(17)16-14(8-3-9-14)11-4-6-12(15)7-5-11/h4-7,10H,3,8-9H2,1-2H3,(H,16,17). The van der Waals surface area contributed by atoms with E-state index in [4.69, 9.17) is 11.6 Å². The first-order chi connectivity index (χ1) is 8.03. The molecule has 0 atom stereocenters. The van der Waals surface area contributed by atoms with E-state index in [9.17, 15) is 4.79 Å². The molecule has 1 fully saturated rings. The van der Waals surface area contributed by atoms with Crippen LogP contribution in [-0.2, 0) is 10.3 Å². The third kappa shape index (κ3) is 2.47. The van der Waals surface area contributed by atoms with Crippen LogP contribution < -0.4 is 5.32 Å². The van der Waals surface area contributed by atoms with E-state index in [0.29, 0.717) is 0 Å². The van der Waals surface area contributed by atoms with E-state index in [0.717, 1.165) is 17.9 Å². The smallest absolute Gasteiger partial charge is 0.223 e. The highest BCUT2D eigenvalue weighted by Crippen LogP contribution is 2.41. The van der Waals surface area contributed by atoms with Crippen LogP contribution in [0, 0.1) is 5.92 Å². The third-order valence-corrected chi connectivity index (χ3v) is 3.74. The van der Waals surface area contributed by atoms with Gasteiger partial charge in [0.1, 0.15) is 0 Å². The highest BCUT2D eigenvalue weighted by molar-refractivity contribution is 6.30. The van der Waals surface area contributed by atoms with Crippen LogP contribution in [0.1, 0.15) is 38.7 Å². The number of nitrogens with one attached hydrogen (secondary N) is 1. The minimum atomic E-state index is -0.147. The predicted octanol–water partition coefficient (Wildman–Crippen LogP) is 3.49. The van der Waals surface area contributed by atoms with Gasteiger partial charge in [0.05, 0.1) is 5.54 Å². The Morgan fingerprint density at radius 1 is 1.29 bits per heavy atom. The average molecular weight is 252 g/mol. The topological polar surface area (TPSA) is 29.1 Å². The van der Waals surface area contributed by atoms with E-state index < -0.39 is 0 Å². The van der Waals surface area contributed by atoms with Gasteiger partial charge in [-0.25, -0.2) is 0 Å². The highest BCUT2D eigenvalue weighted by atomic mass is 35.5. The first kappa shape index (κ1) is 12.4. The molecule has 0 aromatic heterocycles. The molecule has 1 N–H and O–H groups in total. The summed E-state index contributed by atoms with van der Waals surface area (Å²) in [6.07, 6.45) is 3.21. The Kier molecular flexibility index (Phi) is 3.43. The number of amides is 1. The second-order valence-corrected chi connectivity index (χ2v) is 5.52. The van der Waals surface area contributed by atoms with E-state index in [1.54, 1.807) is 0 Å². The zero-order chi connectivity index (χ0) is 12.5. The summed E-state index contributed by atoms with van der Waals surface area (Å²) in [7, 11) is 0. The molecule has 0 radical (unpaired) electrons. The molecule has 92 valence electrons. The molecule has 0 unspecified atom stereocenters. The normalized spacial score (nSPS) is 17.6. The number of halogens is 1. The largest absolute Gasteiger partial charge is 0.346 e. The fraction of sp³-hybridized carbons (Fsp3) is 0.500. The molecule has 0 heterocycles. The van der Waals surface area contributed by atoms with Crippen molar-refractivity contribution in [2.24, 2.45) is 5.92 Å². The van der Waals surface area contributed by atoms with Gasteiger partial charge in [-0.05, 0) is 37.0 Å². The number of hydrogen-bond donors (Lipinski definition) is 1. The second-order valence-electron chi connectivity index (χ2n) is 5.09. The number of carbonyl (C=O) groups is 1. The molecule has 0 aliphatic heterocycles. The van der Waals surface area contributed by atoms with Crippen LogP contribution in [-0.4, -0.2) is 5.91 Å². The Hall–Kier alpha value is -1.02. The predicted molar refractivity (Wildman–Crippen MR) is 70.0 cm³/mol. The van der Waals surface area contributed by atoms with Crippen molar-refractivity contribution in [1.82, 2.24) is 5.32 Å². The second kappa shape index (κ2) is 4.69. The quantitative estimate of drug-likeness (QED) is 0.876. The van der Waals surface area contributed by atoms with Crippen LogP contribution in [0.3, 0.4) is 0 Å². The molecule has 17 heavy (non-hydrogen) atoms. The minimum absolute atomic E-state index is 0.0276. The van der Waals surface area contributed by atoms with Crippen LogP contribution in [0.4, 0.5) is 0 Å². The lowest BCUT2D eigenvalue weighted by Crippen LogP contribution is -2.51. The summed E-state index contributed by atoms with van der Waals surface area (Å²) in [4.78, 5) is 11.9. The maximum atomic E-state index is 11.9. The Labute approximate surface area is 107 Å². The molecule has 1 aliphatic rings. The third-order valence-electron chi connectivity index (χ3n) is 3.49. The van der Waals surface area contributed by atoms with Crippen LogP contribution in [0.25, 0.3) is 0 Å². The fourth-order valence-electron chi connectivity index (χ4n) is 2.17. The molecule has 1 saturated carbocycles. The zero-order valence-corrected chi connectivity index (χ0v) is 11.1. The molecule has 1 amide bonds. The summed E-state index contributed by atoms with van der Waals surface area (Å²) in [5, 5.41) is 3.92. The number of hydrogen-bond acceptors (Lipinski definition) is 1. The first-order valence-corrected chi connectivity index (χ1v) is 6.49. The SMILES string of the molecule is CC(C)C(=O)NC1(c2ccc(Cl)cc2)CCC1. The minimum Gasteiger partial charge on any atom is -0.346 e. The van der Waals surface area contributed by atoms with Crippen molar-refractivity contribution in [3.05, 3.63) is 34.9 Å². The molecule has 2 nitrogen and oxygen atoms in total. The lowest BCUT2D eigenvalue weighted by molar-refractivity contribution is -0.127. The fourth-order valence-corrected chi connectivity index (χ4v) is 2.29. The van der Waals surface area contributed by atoms with E-state index in [1.165, 1.54) is 12.0 Å². The van der Waals surface area contributed by atoms with Gasteiger partial charge in [-0.15, -0.1) is 0 Å². The summed E-state index contributed by atoms with van der Waals surface area (Å²) in [5.41, 5.74) is 1.02. The number of rotatable bonds is 3. The van der Waals surface area contributed by atoms with E-state index in [-0.39, 0.29) is 17.4 Å². The average Bonchev–Trinajstić information content (AvgIpc) is 2.24. The van der Waals surface area contributed by atoms with Crippen LogP contribution in [0.15, 0.2) is 24.3 Å². The van der Waals surface area contributed by atoms with E-state index in [2.05, 4.69) is 5.32 Å². The van der Waals surface area contributed by atoms with Gasteiger partial charge in [0.25, 0.3) is 0 Å². The van der Waals surface area contributed by atoms with Crippen molar-refractivity contribution >= 4 is 17.5 Å². The zero-order valence-electron chi connectivity index (χ0n) is 10.3. The molecule has 0 bridgehead atoms. The van der Waals surface area contributed by atoms with Gasteiger partial charge >= 0.3 is 0 Å². The molecule has 1 aliphatic carbocycles. The molecular weight excluding hydrogens is 234 g/mol. The molecule has 2 rings (SSSR count). The van der Waals surface area contributed by atoms with Gasteiger partial charge in [-0.1, -0.05) is 37.6 Å². The summed E-state index contributed by atoms with van der Waals surface area (Å²) >= 11 is 5.89. The highest BCUT2D eigenvalue weighted by Gasteiger charge is 2.40. The van der Waals surface area contributed by atoms with Gasteiger partial charge in [0, 0.05) is 10.9 Å². The maximum absolute atomic E-state index is 11.9. The van der Waals surface area contributed by atoms with Gasteiger partial charge in [0.2, 0.25) is 5.91 Å². The molecule has 3 heteroatoms. The van der Waals surface area contributed by atoms with Crippen LogP contribution in [0.2, 0.25) is 5.02 Å². The molecular formula is C14H18ClNO. The van der Waals surface area contributed by atoms with Crippen LogP contribution >= 0.6 is 11.6 Å². The molecule has 1 aromatic rings. The Morgan fingerprint density at radius 3 is 2.29 bits per heavy atom. The summed E-state index contributed by atoms with van der Waals surface area (Å²) < 4.78 is 0. The van der Waals surface area contributed by atoms with Crippen molar-refractivity contribution < 1.29 is 4.79 Å². The van der Waals surface area contributed by atoms with E-state index >= 15 is 0 Å². The number of carbonyl (C=O) groups excluding carboxylic acids is 1. The van der Waals surface area contributed by atoms with Crippen molar-refractivity contribution in [2.75, 3.05) is 0 Å². The van der Waals surface area contributed by atoms with E-state index in [1.807, 2.05) is 38.1 Å². The summed E-state index contributed by atoms with van der Waals surface area (Å²) in [5.74, 6) is 0.152. The molecule has 0 spiro atoms. The lowest BCUT2D eigenvalue weighted by atomic mass is 9.71. The Morgan fingerprint density at radius 2 is 1.88 bits per heavy atom. The maximum Gasteiger partial charge on any atom is 0.223 e. The van der Waals surface area contributed by atoms with Crippen molar-refractivity contribution in [3.63, 3.8) is 0 Å². The Bertz CT molecular complexity index is 407. The first-order valence-electron chi connectivity index (χ1n) is 6.11. The Balaban J connectivity index is 2.20. The molecule has 0 saturated heterocycles. The number of benzene rings is 1. The monoisotopic (exact) mass is 251 g/mol. The van der Waals surface area contributed by atoms with Gasteiger partial charge < -0.3 is 5.32 Å². The van der Waals surface area contributed by atoms with Crippen molar-refractivity contribution in [2.45, 2.75) is 38.6 Å². The van der Waals surface area contributed by atoms with Crippen molar-refractivity contribution in [3.8, 4) is 0 Å². The van der Waals surface area contributed by atoms with Gasteiger partial charge in [0.15, 0.2) is 0 Å². The lowest BCUT2D eigenvalue weighted by Gasteiger charge is -2.43. The van der Waals surface area contributed by atoms with Crippen LogP contribution in [0.5, 0.6) is 0 Å². The van der Waals surface area contributed by atoms with Crippen molar-refractivity contribution in [1.29, 1.82) is 0 Å². The van der Waals surface area contributed by atoms with Gasteiger partial charge in [-0.3, -0.25) is 4.79 Å². The molecule has 1 aromatic carbocycles. The van der Waals surface area contributed by atoms with Gasteiger partial charge in [-0.2, -0.15) is 0 Å².